The molecule has 0 atom stereocenters. The summed E-state index contributed by atoms with van der Waals surface area (Å²) < 4.78 is 4.87. The van der Waals surface area contributed by atoms with Crippen LogP contribution in [-0.2, 0) is 14.3 Å². The van der Waals surface area contributed by atoms with E-state index in [0.29, 0.717) is 17.9 Å². The molecule has 22 heavy (non-hydrogen) atoms. The number of anilines is 1. The number of β-amino-alcohol motifs (C(OH)–C–C–N with tert-alkyl or cyclic N) is 1. The summed E-state index contributed by atoms with van der Waals surface area (Å²) in [6.07, 6.45) is 1.18. The van der Waals surface area contributed by atoms with Crippen LogP contribution in [0.3, 0.4) is 0 Å². The Bertz CT molecular complexity index is 621. The van der Waals surface area contributed by atoms with Gasteiger partial charge in [-0.2, -0.15) is 0 Å². The number of nitrogens with zero attached hydrogens (tertiary/aromatic N) is 1. The molecule has 2 amide bonds. The average Bonchev–Trinajstić information content (AvgIpc) is 2.76. The first-order chi connectivity index (χ1) is 10.6. The molecular formula is C15H16N2O5. The molecule has 0 unspecified atom stereocenters. The summed E-state index contributed by atoms with van der Waals surface area (Å²) in [6.45, 7) is 1.69. The second-order valence-corrected chi connectivity index (χ2v) is 4.50. The number of hydrogen-bond donors (Lipinski definition) is 2. The summed E-state index contributed by atoms with van der Waals surface area (Å²) in [5.41, 5.74) is 1.09. The van der Waals surface area contributed by atoms with E-state index in [2.05, 4.69) is 5.32 Å². The lowest BCUT2D eigenvalue weighted by atomic mass is 10.2. The van der Waals surface area contributed by atoms with Crippen molar-refractivity contribution in [1.29, 1.82) is 0 Å². The average molecular weight is 304 g/mol. The molecule has 2 rings (SSSR count). The zero-order valence-electron chi connectivity index (χ0n) is 12.0. The predicted molar refractivity (Wildman–Crippen MR) is 77.9 cm³/mol. The number of aliphatic hydroxyl groups is 1. The normalized spacial score (nSPS) is 14.1. The van der Waals surface area contributed by atoms with E-state index in [4.69, 9.17) is 9.84 Å². The number of benzene rings is 1. The van der Waals surface area contributed by atoms with Crippen molar-refractivity contribution in [3.05, 3.63) is 41.6 Å². The van der Waals surface area contributed by atoms with Crippen molar-refractivity contribution in [2.24, 2.45) is 0 Å². The van der Waals surface area contributed by atoms with Gasteiger partial charge in [0.1, 0.15) is 5.70 Å². The third-order valence-electron chi connectivity index (χ3n) is 3.01. The Morgan fingerprint density at radius 1 is 1.27 bits per heavy atom. The fourth-order valence-corrected chi connectivity index (χ4v) is 1.97. The van der Waals surface area contributed by atoms with Crippen LogP contribution in [0.4, 0.5) is 5.69 Å². The Hall–Kier alpha value is -2.67. The van der Waals surface area contributed by atoms with Gasteiger partial charge in [-0.1, -0.05) is 0 Å². The smallest absolute Gasteiger partial charge is 0.338 e. The minimum atomic E-state index is -0.492. The number of carbonyl (C=O) groups excluding carboxylic acids is 3. The number of amides is 2. The Balaban J connectivity index is 2.06. The monoisotopic (exact) mass is 304 g/mol. The molecule has 1 aliphatic rings. The van der Waals surface area contributed by atoms with Gasteiger partial charge < -0.3 is 15.2 Å². The molecule has 1 aromatic carbocycles. The number of imide groups is 1. The molecule has 0 spiro atoms. The molecule has 1 aliphatic heterocycles. The third kappa shape index (κ3) is 3.32. The molecule has 1 aromatic rings. The van der Waals surface area contributed by atoms with E-state index in [1.807, 2.05) is 0 Å². The van der Waals surface area contributed by atoms with Crippen molar-refractivity contribution in [2.75, 3.05) is 25.1 Å². The second kappa shape index (κ2) is 6.86. The van der Waals surface area contributed by atoms with Gasteiger partial charge in [-0.15, -0.1) is 0 Å². The van der Waals surface area contributed by atoms with Crippen molar-refractivity contribution in [3.63, 3.8) is 0 Å². The van der Waals surface area contributed by atoms with Crippen LogP contribution in [0, 0.1) is 0 Å². The van der Waals surface area contributed by atoms with Gasteiger partial charge in [0.2, 0.25) is 0 Å². The highest BCUT2D eigenvalue weighted by Gasteiger charge is 2.30. The van der Waals surface area contributed by atoms with Crippen LogP contribution >= 0.6 is 0 Å². The van der Waals surface area contributed by atoms with Gasteiger partial charge >= 0.3 is 5.97 Å². The summed E-state index contributed by atoms with van der Waals surface area (Å²) in [5.74, 6) is -1.38. The van der Waals surface area contributed by atoms with Crippen LogP contribution in [0.25, 0.3) is 0 Å². The van der Waals surface area contributed by atoms with Crippen LogP contribution in [0.2, 0.25) is 0 Å². The van der Waals surface area contributed by atoms with Gasteiger partial charge in [0.05, 0.1) is 25.3 Å². The fraction of sp³-hybridized carbons (Fsp3) is 0.267. The predicted octanol–water partition coefficient (Wildman–Crippen LogP) is 0.520. The number of carbonyl (C=O) groups is 3. The van der Waals surface area contributed by atoms with E-state index in [1.54, 1.807) is 31.2 Å². The first-order valence-electron chi connectivity index (χ1n) is 6.79. The number of rotatable bonds is 6. The highest BCUT2D eigenvalue weighted by molar-refractivity contribution is 6.17. The molecule has 0 aliphatic carbocycles. The minimum Gasteiger partial charge on any atom is -0.462 e. The van der Waals surface area contributed by atoms with Crippen molar-refractivity contribution in [1.82, 2.24) is 4.90 Å². The van der Waals surface area contributed by atoms with E-state index in [9.17, 15) is 14.4 Å². The summed E-state index contributed by atoms with van der Waals surface area (Å²) >= 11 is 0. The van der Waals surface area contributed by atoms with E-state index >= 15 is 0 Å². The van der Waals surface area contributed by atoms with E-state index in [1.165, 1.54) is 6.08 Å². The van der Waals surface area contributed by atoms with Crippen molar-refractivity contribution in [2.45, 2.75) is 6.92 Å². The summed E-state index contributed by atoms with van der Waals surface area (Å²) in [5, 5.41) is 11.7. The van der Waals surface area contributed by atoms with Gasteiger partial charge in [0.15, 0.2) is 0 Å². The van der Waals surface area contributed by atoms with Crippen LogP contribution in [-0.4, -0.2) is 47.5 Å². The maximum Gasteiger partial charge on any atom is 0.338 e. The Kier molecular flexibility index (Phi) is 4.90. The molecule has 7 heteroatoms. The highest BCUT2D eigenvalue weighted by Crippen LogP contribution is 2.17. The van der Waals surface area contributed by atoms with Gasteiger partial charge in [-0.3, -0.25) is 14.5 Å². The molecule has 1 heterocycles. The molecule has 2 N–H and O–H groups in total. The van der Waals surface area contributed by atoms with Crippen molar-refractivity contribution >= 4 is 23.5 Å². The van der Waals surface area contributed by atoms with E-state index in [-0.39, 0.29) is 18.8 Å². The Morgan fingerprint density at radius 2 is 1.95 bits per heavy atom. The Morgan fingerprint density at radius 3 is 2.55 bits per heavy atom. The number of ether oxygens (including phenoxy) is 1. The first-order valence-corrected chi connectivity index (χ1v) is 6.79. The van der Waals surface area contributed by atoms with Gasteiger partial charge in [-0.05, 0) is 31.2 Å². The van der Waals surface area contributed by atoms with Crippen LogP contribution < -0.4 is 5.32 Å². The van der Waals surface area contributed by atoms with Gasteiger partial charge in [0, 0.05) is 11.8 Å². The number of aliphatic hydroxyl groups excluding tert-OH is 1. The molecule has 0 radical (unpaired) electrons. The zero-order chi connectivity index (χ0) is 16.1. The molecule has 0 bridgehead atoms. The standard InChI is InChI=1S/C15H16N2O5/c1-2-22-15(21)10-3-5-11(6-4-10)16-12-9-13(19)17(7-8-18)14(12)20/h3-6,9,16,18H,2,7-8H2,1H3. The van der Waals surface area contributed by atoms with Crippen molar-refractivity contribution < 1.29 is 24.2 Å². The second-order valence-electron chi connectivity index (χ2n) is 4.50. The third-order valence-corrected chi connectivity index (χ3v) is 3.01. The topological polar surface area (TPSA) is 95.9 Å². The molecule has 0 saturated carbocycles. The molecule has 0 aromatic heterocycles. The summed E-state index contributed by atoms with van der Waals surface area (Å²) in [4.78, 5) is 36.0. The summed E-state index contributed by atoms with van der Waals surface area (Å²) in [7, 11) is 0. The fourth-order valence-electron chi connectivity index (χ4n) is 1.97. The zero-order valence-corrected chi connectivity index (χ0v) is 12.0. The maximum atomic E-state index is 12.0. The van der Waals surface area contributed by atoms with E-state index < -0.39 is 17.8 Å². The number of hydrogen-bond acceptors (Lipinski definition) is 6. The minimum absolute atomic E-state index is 0.0405. The lowest BCUT2D eigenvalue weighted by Crippen LogP contribution is -2.34. The van der Waals surface area contributed by atoms with Crippen molar-refractivity contribution in [3.8, 4) is 0 Å². The number of nitrogens with one attached hydrogen (secondary N) is 1. The Labute approximate surface area is 127 Å². The molecule has 0 fully saturated rings. The largest absolute Gasteiger partial charge is 0.462 e. The van der Waals surface area contributed by atoms with Gasteiger partial charge in [-0.25, -0.2) is 4.79 Å². The lowest BCUT2D eigenvalue weighted by molar-refractivity contribution is -0.137. The maximum absolute atomic E-state index is 12.0. The SMILES string of the molecule is CCOC(=O)c1ccc(NC2=CC(=O)N(CCO)C2=O)cc1. The number of esters is 1. The van der Waals surface area contributed by atoms with Crippen LogP contribution in [0.15, 0.2) is 36.0 Å². The van der Waals surface area contributed by atoms with Crippen LogP contribution in [0.1, 0.15) is 17.3 Å². The first kappa shape index (κ1) is 15.7. The lowest BCUT2D eigenvalue weighted by Gasteiger charge is -2.13. The van der Waals surface area contributed by atoms with Crippen LogP contribution in [0.5, 0.6) is 0 Å². The molecular weight excluding hydrogens is 288 g/mol. The molecule has 7 nitrogen and oxygen atoms in total. The summed E-state index contributed by atoms with van der Waals surface area (Å²) in [6, 6.07) is 6.35. The van der Waals surface area contributed by atoms with E-state index in [0.717, 1.165) is 4.90 Å². The van der Waals surface area contributed by atoms with Gasteiger partial charge in [0.25, 0.3) is 11.8 Å². The quantitative estimate of drug-likeness (QED) is 0.587. The highest BCUT2D eigenvalue weighted by atomic mass is 16.5. The molecule has 116 valence electrons. The molecule has 0 saturated heterocycles.